The van der Waals surface area contributed by atoms with Gasteiger partial charge in [-0.05, 0) is 43.4 Å². The Balaban J connectivity index is 1.33. The number of urea groups is 1. The van der Waals surface area contributed by atoms with Crippen molar-refractivity contribution >= 4 is 6.03 Å². The van der Waals surface area contributed by atoms with E-state index >= 15 is 0 Å². The molecule has 3 rings (SSSR count). The summed E-state index contributed by atoms with van der Waals surface area (Å²) in [7, 11) is 0. The van der Waals surface area contributed by atoms with E-state index in [4.69, 9.17) is 0 Å². The topological polar surface area (TPSA) is 57.3 Å². The van der Waals surface area contributed by atoms with Crippen LogP contribution in [0.5, 0.6) is 0 Å². The fourth-order valence-corrected chi connectivity index (χ4v) is 2.79. The number of likely N-dealkylation sites (tertiary alicyclic amines) is 1. The van der Waals surface area contributed by atoms with Crippen molar-refractivity contribution in [2.24, 2.45) is 5.92 Å². The van der Waals surface area contributed by atoms with Gasteiger partial charge in [-0.2, -0.15) is 0 Å². The molecule has 2 N–H and O–H groups in total. The minimum atomic E-state index is -0.0845. The fraction of sp³-hybridized carbons (Fsp3) is 0.600. The minimum absolute atomic E-state index is 0.0845. The first-order valence-electron chi connectivity index (χ1n) is 7.46. The van der Waals surface area contributed by atoms with Crippen LogP contribution in [0.3, 0.4) is 0 Å². The first-order valence-corrected chi connectivity index (χ1v) is 7.46. The number of rotatable bonds is 5. The predicted molar refractivity (Wildman–Crippen MR) is 77.2 cm³/mol. The molecule has 1 aliphatic heterocycles. The van der Waals surface area contributed by atoms with Crippen LogP contribution in [0.4, 0.5) is 4.79 Å². The van der Waals surface area contributed by atoms with Crippen molar-refractivity contribution in [3.8, 4) is 0 Å². The van der Waals surface area contributed by atoms with Crippen LogP contribution in [0.25, 0.3) is 0 Å². The number of nitrogens with one attached hydrogen (secondary N) is 2. The highest BCUT2D eigenvalue weighted by atomic mass is 16.2. The molecule has 2 heterocycles. The molecule has 108 valence electrons. The van der Waals surface area contributed by atoms with Crippen LogP contribution in [0, 0.1) is 5.92 Å². The number of amides is 2. The van der Waals surface area contributed by atoms with E-state index in [0.29, 0.717) is 12.5 Å². The first-order chi connectivity index (χ1) is 9.81. The normalized spacial score (nSPS) is 22.7. The van der Waals surface area contributed by atoms with Crippen LogP contribution >= 0.6 is 0 Å². The van der Waals surface area contributed by atoms with Crippen LogP contribution in [0.15, 0.2) is 24.5 Å². The molecule has 5 nitrogen and oxygen atoms in total. The van der Waals surface area contributed by atoms with Gasteiger partial charge in [0.1, 0.15) is 0 Å². The number of aromatic nitrogens is 1. The standard InChI is InChI=1S/C15H22N4O/c20-15(17-9-12-2-1-6-16-8-12)18-10-13-5-7-19(11-13)14-3-4-14/h1-2,6,8,13-14H,3-5,7,9-11H2,(H2,17,18,20). The van der Waals surface area contributed by atoms with E-state index < -0.39 is 0 Å². The molecule has 1 saturated heterocycles. The average molecular weight is 274 g/mol. The SMILES string of the molecule is O=C(NCc1cccnc1)NCC1CCN(C2CC2)C1. The zero-order chi connectivity index (χ0) is 13.8. The lowest BCUT2D eigenvalue weighted by molar-refractivity contribution is 0.238. The Labute approximate surface area is 119 Å². The zero-order valence-corrected chi connectivity index (χ0v) is 11.7. The first kappa shape index (κ1) is 13.4. The van der Waals surface area contributed by atoms with Gasteiger partial charge >= 0.3 is 6.03 Å². The van der Waals surface area contributed by atoms with Gasteiger partial charge in [-0.25, -0.2) is 4.79 Å². The van der Waals surface area contributed by atoms with Gasteiger partial charge in [-0.1, -0.05) is 6.07 Å². The third-order valence-corrected chi connectivity index (χ3v) is 4.11. The van der Waals surface area contributed by atoms with Crippen LogP contribution in [-0.2, 0) is 6.54 Å². The average Bonchev–Trinajstić information content (AvgIpc) is 3.23. The molecule has 1 aromatic heterocycles. The van der Waals surface area contributed by atoms with Crippen LogP contribution in [0.2, 0.25) is 0 Å². The van der Waals surface area contributed by atoms with Crippen molar-refractivity contribution in [1.29, 1.82) is 0 Å². The van der Waals surface area contributed by atoms with Crippen LogP contribution in [-0.4, -0.2) is 41.6 Å². The van der Waals surface area contributed by atoms with E-state index in [0.717, 1.165) is 24.7 Å². The summed E-state index contributed by atoms with van der Waals surface area (Å²) in [4.78, 5) is 18.3. The van der Waals surface area contributed by atoms with Gasteiger partial charge in [0.2, 0.25) is 0 Å². The maximum absolute atomic E-state index is 11.7. The summed E-state index contributed by atoms with van der Waals surface area (Å²) in [6.07, 6.45) is 7.44. The van der Waals surface area contributed by atoms with Crippen molar-refractivity contribution in [1.82, 2.24) is 20.5 Å². The molecule has 1 atom stereocenters. The molecule has 0 bridgehead atoms. The minimum Gasteiger partial charge on any atom is -0.338 e. The van der Waals surface area contributed by atoms with Crippen molar-refractivity contribution in [3.05, 3.63) is 30.1 Å². The summed E-state index contributed by atoms with van der Waals surface area (Å²) in [6, 6.07) is 4.59. The Bertz CT molecular complexity index is 446. The number of pyridine rings is 1. The van der Waals surface area contributed by atoms with Gasteiger partial charge in [0.15, 0.2) is 0 Å². The number of carbonyl (C=O) groups excluding carboxylic acids is 1. The maximum atomic E-state index is 11.7. The number of carbonyl (C=O) groups is 1. The van der Waals surface area contributed by atoms with Gasteiger partial charge in [0, 0.05) is 38.1 Å². The molecule has 0 spiro atoms. The summed E-state index contributed by atoms with van der Waals surface area (Å²) < 4.78 is 0. The van der Waals surface area contributed by atoms with E-state index in [-0.39, 0.29) is 6.03 Å². The molecule has 1 aromatic rings. The fourth-order valence-electron chi connectivity index (χ4n) is 2.79. The summed E-state index contributed by atoms with van der Waals surface area (Å²) in [5.74, 6) is 0.611. The lowest BCUT2D eigenvalue weighted by Gasteiger charge is -2.15. The largest absolute Gasteiger partial charge is 0.338 e. The predicted octanol–water partition coefficient (Wildman–Crippen LogP) is 1.37. The second-order valence-corrected chi connectivity index (χ2v) is 5.81. The monoisotopic (exact) mass is 274 g/mol. The number of nitrogens with zero attached hydrogens (tertiary/aromatic N) is 2. The van der Waals surface area contributed by atoms with Crippen LogP contribution < -0.4 is 10.6 Å². The van der Waals surface area contributed by atoms with E-state index in [1.165, 1.54) is 25.8 Å². The highest BCUT2D eigenvalue weighted by molar-refractivity contribution is 5.73. The van der Waals surface area contributed by atoms with Crippen molar-refractivity contribution in [2.45, 2.75) is 31.8 Å². The molecule has 2 amide bonds. The van der Waals surface area contributed by atoms with E-state index in [2.05, 4.69) is 20.5 Å². The quantitative estimate of drug-likeness (QED) is 0.852. The molecular formula is C15H22N4O. The Morgan fingerprint density at radius 1 is 1.35 bits per heavy atom. The highest BCUT2D eigenvalue weighted by Crippen LogP contribution is 2.31. The Kier molecular flexibility index (Phi) is 4.16. The molecule has 1 unspecified atom stereocenters. The van der Waals surface area contributed by atoms with Gasteiger partial charge in [0.05, 0.1) is 0 Å². The summed E-state index contributed by atoms with van der Waals surface area (Å²) in [6.45, 7) is 3.66. The lowest BCUT2D eigenvalue weighted by atomic mass is 10.1. The zero-order valence-electron chi connectivity index (χ0n) is 11.7. The van der Waals surface area contributed by atoms with Crippen molar-refractivity contribution < 1.29 is 4.79 Å². The number of hydrogen-bond acceptors (Lipinski definition) is 3. The van der Waals surface area contributed by atoms with Gasteiger partial charge in [-0.3, -0.25) is 4.98 Å². The van der Waals surface area contributed by atoms with E-state index in [1.54, 1.807) is 12.4 Å². The lowest BCUT2D eigenvalue weighted by Crippen LogP contribution is -2.38. The van der Waals surface area contributed by atoms with Crippen LogP contribution in [0.1, 0.15) is 24.8 Å². The van der Waals surface area contributed by atoms with Gasteiger partial charge < -0.3 is 15.5 Å². The molecule has 20 heavy (non-hydrogen) atoms. The second-order valence-electron chi connectivity index (χ2n) is 5.81. The summed E-state index contributed by atoms with van der Waals surface area (Å²) in [5, 5.41) is 5.84. The van der Waals surface area contributed by atoms with Gasteiger partial charge in [-0.15, -0.1) is 0 Å². The molecule has 2 fully saturated rings. The Morgan fingerprint density at radius 2 is 2.25 bits per heavy atom. The van der Waals surface area contributed by atoms with E-state index in [1.807, 2.05) is 12.1 Å². The molecule has 1 saturated carbocycles. The number of hydrogen-bond donors (Lipinski definition) is 2. The third-order valence-electron chi connectivity index (χ3n) is 4.11. The van der Waals surface area contributed by atoms with Gasteiger partial charge in [0.25, 0.3) is 0 Å². The Morgan fingerprint density at radius 3 is 3.00 bits per heavy atom. The second kappa shape index (κ2) is 6.22. The smallest absolute Gasteiger partial charge is 0.315 e. The summed E-state index contributed by atoms with van der Waals surface area (Å²) in [5.41, 5.74) is 1.02. The molecule has 2 aliphatic rings. The molecular weight excluding hydrogens is 252 g/mol. The maximum Gasteiger partial charge on any atom is 0.315 e. The molecule has 0 radical (unpaired) electrons. The highest BCUT2D eigenvalue weighted by Gasteiger charge is 2.34. The van der Waals surface area contributed by atoms with Crippen molar-refractivity contribution in [3.63, 3.8) is 0 Å². The van der Waals surface area contributed by atoms with E-state index in [9.17, 15) is 4.79 Å². The third kappa shape index (κ3) is 3.70. The summed E-state index contributed by atoms with van der Waals surface area (Å²) >= 11 is 0. The molecule has 1 aliphatic carbocycles. The Hall–Kier alpha value is -1.62. The molecule has 0 aromatic carbocycles. The van der Waals surface area contributed by atoms with Crippen molar-refractivity contribution in [2.75, 3.05) is 19.6 Å². The molecule has 5 heteroatoms.